The minimum Gasteiger partial charge on any atom is -0.446 e. The van der Waals surface area contributed by atoms with Gasteiger partial charge < -0.3 is 10.1 Å². The molecule has 0 aliphatic carbocycles. The lowest BCUT2D eigenvalue weighted by Crippen LogP contribution is -2.47. The van der Waals surface area contributed by atoms with Crippen LogP contribution in [0.25, 0.3) is 0 Å². The van der Waals surface area contributed by atoms with Gasteiger partial charge in [0.2, 0.25) is 5.91 Å². The summed E-state index contributed by atoms with van der Waals surface area (Å²) < 4.78 is 44.2. The van der Waals surface area contributed by atoms with Crippen molar-refractivity contribution in [3.63, 3.8) is 0 Å². The first-order chi connectivity index (χ1) is 11.5. The standard InChI is InChI=1S/C16H20F3N3O3/c1-8(2)25-15(24)22-9(3)7-11(20-10(4)23)14-12(22)5-6-13(21-14)16(17,18)19/h5-6,8-9,11H,7H2,1-4H3,(H,20,23)/t9-,11+/m0/s1. The fraction of sp³-hybridized carbons (Fsp3) is 0.562. The molecule has 2 atom stereocenters. The molecule has 0 aromatic carbocycles. The molecule has 1 aromatic rings. The van der Waals surface area contributed by atoms with Gasteiger partial charge in [-0.3, -0.25) is 9.69 Å². The largest absolute Gasteiger partial charge is 0.446 e. The zero-order valence-electron chi connectivity index (χ0n) is 14.3. The predicted octanol–water partition coefficient (Wildman–Crippen LogP) is 3.42. The van der Waals surface area contributed by atoms with E-state index in [0.717, 1.165) is 6.07 Å². The number of carbonyl (C=O) groups excluding carboxylic acids is 2. The van der Waals surface area contributed by atoms with Gasteiger partial charge in [0.1, 0.15) is 5.69 Å². The molecule has 0 fully saturated rings. The fourth-order valence-corrected chi connectivity index (χ4v) is 2.79. The van der Waals surface area contributed by atoms with Gasteiger partial charge in [-0.1, -0.05) is 0 Å². The molecule has 1 aromatic heterocycles. The van der Waals surface area contributed by atoms with Crippen molar-refractivity contribution in [2.45, 2.75) is 58.5 Å². The number of rotatable bonds is 2. The van der Waals surface area contributed by atoms with Crippen molar-refractivity contribution in [2.24, 2.45) is 0 Å². The lowest BCUT2D eigenvalue weighted by Gasteiger charge is -2.38. The average molecular weight is 359 g/mol. The number of nitrogens with one attached hydrogen (secondary N) is 1. The van der Waals surface area contributed by atoms with E-state index in [9.17, 15) is 22.8 Å². The number of nitrogens with zero attached hydrogens (tertiary/aromatic N) is 2. The highest BCUT2D eigenvalue weighted by atomic mass is 19.4. The summed E-state index contributed by atoms with van der Waals surface area (Å²) in [5, 5.41) is 2.60. The van der Waals surface area contributed by atoms with Crippen molar-refractivity contribution < 1.29 is 27.5 Å². The van der Waals surface area contributed by atoms with Crippen LogP contribution in [0.15, 0.2) is 12.1 Å². The zero-order chi connectivity index (χ0) is 18.9. The summed E-state index contributed by atoms with van der Waals surface area (Å²) in [6, 6.07) is 0.913. The van der Waals surface area contributed by atoms with Crippen molar-refractivity contribution >= 4 is 17.7 Å². The van der Waals surface area contributed by atoms with Crippen molar-refractivity contribution in [3.05, 3.63) is 23.5 Å². The van der Waals surface area contributed by atoms with Crippen LogP contribution in [0.3, 0.4) is 0 Å². The quantitative estimate of drug-likeness (QED) is 0.878. The summed E-state index contributed by atoms with van der Waals surface area (Å²) in [5.41, 5.74) is -0.867. The number of pyridine rings is 1. The van der Waals surface area contributed by atoms with Gasteiger partial charge in [-0.15, -0.1) is 0 Å². The maximum absolute atomic E-state index is 13.0. The maximum atomic E-state index is 13.0. The second-order valence-corrected chi connectivity index (χ2v) is 6.24. The van der Waals surface area contributed by atoms with Crippen LogP contribution < -0.4 is 10.2 Å². The molecule has 0 saturated carbocycles. The third-order valence-corrected chi connectivity index (χ3v) is 3.71. The minimum absolute atomic E-state index is 0.00355. The highest BCUT2D eigenvalue weighted by Gasteiger charge is 2.39. The number of fused-ring (bicyclic) bond motifs is 1. The van der Waals surface area contributed by atoms with Crippen LogP contribution in [0.1, 0.15) is 51.5 Å². The average Bonchev–Trinajstić information content (AvgIpc) is 2.44. The van der Waals surface area contributed by atoms with E-state index in [0.29, 0.717) is 0 Å². The van der Waals surface area contributed by atoms with Crippen molar-refractivity contribution in [1.29, 1.82) is 0 Å². The van der Waals surface area contributed by atoms with E-state index in [1.807, 2.05) is 0 Å². The molecular weight excluding hydrogens is 339 g/mol. The predicted molar refractivity (Wildman–Crippen MR) is 84.0 cm³/mol. The Kier molecular flexibility index (Phi) is 5.24. The SMILES string of the molecule is CC(=O)N[C@@H]1C[C@H](C)N(C(=O)OC(C)C)c2ccc(C(F)(F)F)nc21. The summed E-state index contributed by atoms with van der Waals surface area (Å²) >= 11 is 0. The highest BCUT2D eigenvalue weighted by molar-refractivity contribution is 5.90. The Morgan fingerprint density at radius 1 is 1.36 bits per heavy atom. The molecule has 2 heterocycles. The first-order valence-corrected chi connectivity index (χ1v) is 7.85. The first-order valence-electron chi connectivity index (χ1n) is 7.85. The maximum Gasteiger partial charge on any atom is 0.433 e. The molecule has 1 N–H and O–H groups in total. The zero-order valence-corrected chi connectivity index (χ0v) is 14.3. The van der Waals surface area contributed by atoms with Crippen molar-refractivity contribution in [3.8, 4) is 0 Å². The van der Waals surface area contributed by atoms with E-state index in [1.54, 1.807) is 20.8 Å². The molecule has 0 radical (unpaired) electrons. The minimum atomic E-state index is -4.62. The molecule has 1 aliphatic rings. The molecule has 0 spiro atoms. The van der Waals surface area contributed by atoms with E-state index >= 15 is 0 Å². The van der Waals surface area contributed by atoms with E-state index in [-0.39, 0.29) is 35.9 Å². The number of aromatic nitrogens is 1. The third-order valence-electron chi connectivity index (χ3n) is 3.71. The van der Waals surface area contributed by atoms with E-state index in [2.05, 4.69) is 10.3 Å². The molecule has 1 aliphatic heterocycles. The molecule has 6 nitrogen and oxygen atoms in total. The first kappa shape index (κ1) is 19.0. The number of amides is 2. The second kappa shape index (κ2) is 6.89. The van der Waals surface area contributed by atoms with Gasteiger partial charge in [-0.25, -0.2) is 9.78 Å². The van der Waals surface area contributed by atoms with Crippen LogP contribution >= 0.6 is 0 Å². The summed E-state index contributed by atoms with van der Waals surface area (Å²) in [4.78, 5) is 28.7. The van der Waals surface area contributed by atoms with Gasteiger partial charge in [-0.05, 0) is 39.3 Å². The molecule has 25 heavy (non-hydrogen) atoms. The van der Waals surface area contributed by atoms with Crippen molar-refractivity contribution in [2.75, 3.05) is 4.90 Å². The highest BCUT2D eigenvalue weighted by Crippen LogP contribution is 2.39. The Bertz CT molecular complexity index is 676. The number of ether oxygens (including phenoxy) is 1. The van der Waals surface area contributed by atoms with Crippen LogP contribution in [0.4, 0.5) is 23.7 Å². The molecule has 2 amide bonds. The Morgan fingerprint density at radius 2 is 2.00 bits per heavy atom. The monoisotopic (exact) mass is 359 g/mol. The Balaban J connectivity index is 2.52. The molecule has 9 heteroatoms. The number of alkyl halides is 3. The number of halogens is 3. The van der Waals surface area contributed by atoms with Gasteiger partial charge >= 0.3 is 12.3 Å². The summed E-state index contributed by atoms with van der Waals surface area (Å²) in [6.45, 7) is 6.37. The number of carbonyl (C=O) groups is 2. The van der Waals surface area contributed by atoms with Gasteiger partial charge in [-0.2, -0.15) is 13.2 Å². The molecule has 0 saturated heterocycles. The van der Waals surface area contributed by atoms with E-state index in [4.69, 9.17) is 4.74 Å². The van der Waals surface area contributed by atoms with Crippen LogP contribution in [-0.4, -0.2) is 29.1 Å². The molecule has 0 unspecified atom stereocenters. The lowest BCUT2D eigenvalue weighted by molar-refractivity contribution is -0.141. The summed E-state index contributed by atoms with van der Waals surface area (Å²) in [7, 11) is 0. The smallest absolute Gasteiger partial charge is 0.433 e. The third kappa shape index (κ3) is 4.21. The number of hydrogen-bond donors (Lipinski definition) is 1. The van der Waals surface area contributed by atoms with Gasteiger partial charge in [0, 0.05) is 13.0 Å². The van der Waals surface area contributed by atoms with Crippen LogP contribution in [-0.2, 0) is 15.7 Å². The Hall–Kier alpha value is -2.32. The van der Waals surface area contributed by atoms with Crippen LogP contribution in [0.2, 0.25) is 0 Å². The number of hydrogen-bond acceptors (Lipinski definition) is 4. The molecular formula is C16H20F3N3O3. The lowest BCUT2D eigenvalue weighted by atomic mass is 9.95. The van der Waals surface area contributed by atoms with Crippen LogP contribution in [0.5, 0.6) is 0 Å². The van der Waals surface area contributed by atoms with E-state index < -0.39 is 24.0 Å². The van der Waals surface area contributed by atoms with Crippen molar-refractivity contribution in [1.82, 2.24) is 10.3 Å². The fourth-order valence-electron chi connectivity index (χ4n) is 2.79. The van der Waals surface area contributed by atoms with Gasteiger partial charge in [0.25, 0.3) is 0 Å². The topological polar surface area (TPSA) is 71.5 Å². The van der Waals surface area contributed by atoms with Crippen LogP contribution in [0, 0.1) is 0 Å². The second-order valence-electron chi connectivity index (χ2n) is 6.24. The molecule has 138 valence electrons. The summed E-state index contributed by atoms with van der Waals surface area (Å²) in [6.07, 6.45) is -5.43. The van der Waals surface area contributed by atoms with E-state index in [1.165, 1.54) is 17.9 Å². The molecule has 2 rings (SSSR count). The Morgan fingerprint density at radius 3 is 2.52 bits per heavy atom. The summed E-state index contributed by atoms with van der Waals surface area (Å²) in [5.74, 6) is -0.388. The number of anilines is 1. The Labute approximate surface area is 143 Å². The normalized spacial score (nSPS) is 20.2. The van der Waals surface area contributed by atoms with Gasteiger partial charge in [0.15, 0.2) is 0 Å². The molecule has 0 bridgehead atoms. The van der Waals surface area contributed by atoms with Gasteiger partial charge in [0.05, 0.1) is 23.5 Å².